The molecule has 0 N–H and O–H groups in total. The van der Waals surface area contributed by atoms with Crippen LogP contribution < -0.4 is 4.90 Å². The summed E-state index contributed by atoms with van der Waals surface area (Å²) in [6.45, 7) is 1.30. The Labute approximate surface area is 127 Å². The Morgan fingerprint density at radius 2 is 1.95 bits per heavy atom. The van der Waals surface area contributed by atoms with Crippen molar-refractivity contribution >= 4 is 5.69 Å². The minimum atomic E-state index is -4.43. The van der Waals surface area contributed by atoms with Gasteiger partial charge in [-0.05, 0) is 31.0 Å². The van der Waals surface area contributed by atoms with Gasteiger partial charge in [0.05, 0.1) is 35.1 Å². The third kappa shape index (κ3) is 2.78. The third-order valence-corrected chi connectivity index (χ3v) is 4.54. The van der Waals surface area contributed by atoms with Crippen LogP contribution in [0.15, 0.2) is 18.2 Å². The smallest absolute Gasteiger partial charge is 0.371 e. The van der Waals surface area contributed by atoms with Gasteiger partial charge >= 0.3 is 6.18 Å². The SMILES string of the molecule is N#Cc1ccc(C(F)(F)F)c(N2CCOC3(CCCC3)C2)c1. The van der Waals surface area contributed by atoms with Gasteiger partial charge in [-0.3, -0.25) is 0 Å². The molecule has 1 saturated carbocycles. The molecule has 1 spiro atoms. The van der Waals surface area contributed by atoms with Crippen LogP contribution in [-0.4, -0.2) is 25.3 Å². The number of ether oxygens (including phenoxy) is 1. The maximum atomic E-state index is 13.3. The van der Waals surface area contributed by atoms with Gasteiger partial charge in [0.2, 0.25) is 0 Å². The van der Waals surface area contributed by atoms with Crippen LogP contribution in [0.1, 0.15) is 36.8 Å². The fourth-order valence-corrected chi connectivity index (χ4v) is 3.47. The number of morpholine rings is 1. The Bertz CT molecular complexity index is 600. The van der Waals surface area contributed by atoms with Gasteiger partial charge in [-0.1, -0.05) is 12.8 Å². The van der Waals surface area contributed by atoms with Crippen molar-refractivity contribution in [3.63, 3.8) is 0 Å². The molecule has 1 heterocycles. The van der Waals surface area contributed by atoms with Crippen molar-refractivity contribution in [3.05, 3.63) is 29.3 Å². The maximum absolute atomic E-state index is 13.3. The lowest BCUT2D eigenvalue weighted by Crippen LogP contribution is -2.50. The average molecular weight is 310 g/mol. The fourth-order valence-electron chi connectivity index (χ4n) is 3.47. The lowest BCUT2D eigenvalue weighted by Gasteiger charge is -2.42. The van der Waals surface area contributed by atoms with Gasteiger partial charge in [0.1, 0.15) is 0 Å². The Kier molecular flexibility index (Phi) is 3.77. The highest BCUT2D eigenvalue weighted by Gasteiger charge is 2.42. The molecule has 1 aliphatic heterocycles. The molecule has 2 aliphatic rings. The second kappa shape index (κ2) is 5.47. The largest absolute Gasteiger partial charge is 0.418 e. The highest BCUT2D eigenvalue weighted by Crippen LogP contribution is 2.41. The van der Waals surface area contributed by atoms with Crippen LogP contribution in [0.2, 0.25) is 0 Å². The van der Waals surface area contributed by atoms with Crippen LogP contribution in [0.3, 0.4) is 0 Å². The molecular formula is C16H17F3N2O. The average Bonchev–Trinajstić information content (AvgIpc) is 2.93. The number of hydrogen-bond acceptors (Lipinski definition) is 3. The van der Waals surface area contributed by atoms with Crippen molar-refractivity contribution in [2.24, 2.45) is 0 Å². The van der Waals surface area contributed by atoms with Gasteiger partial charge in [0.25, 0.3) is 0 Å². The number of hydrogen-bond donors (Lipinski definition) is 0. The van der Waals surface area contributed by atoms with Gasteiger partial charge in [-0.2, -0.15) is 18.4 Å². The third-order valence-electron chi connectivity index (χ3n) is 4.54. The van der Waals surface area contributed by atoms with Crippen molar-refractivity contribution in [2.45, 2.75) is 37.5 Å². The minimum absolute atomic E-state index is 0.0983. The van der Waals surface area contributed by atoms with Crippen molar-refractivity contribution in [2.75, 3.05) is 24.6 Å². The molecule has 0 amide bonds. The molecule has 1 saturated heterocycles. The zero-order chi connectivity index (χ0) is 15.8. The van der Waals surface area contributed by atoms with Crippen LogP contribution >= 0.6 is 0 Å². The first-order valence-electron chi connectivity index (χ1n) is 7.44. The van der Waals surface area contributed by atoms with E-state index in [4.69, 9.17) is 10.00 Å². The molecule has 118 valence electrons. The Balaban J connectivity index is 1.97. The summed E-state index contributed by atoms with van der Waals surface area (Å²) in [5.74, 6) is 0. The quantitative estimate of drug-likeness (QED) is 0.793. The lowest BCUT2D eigenvalue weighted by molar-refractivity contribution is -0.137. The zero-order valence-electron chi connectivity index (χ0n) is 12.1. The van der Waals surface area contributed by atoms with E-state index in [1.165, 1.54) is 12.1 Å². The standard InChI is InChI=1S/C16H17F3N2O/c17-16(18,19)13-4-3-12(10-20)9-14(13)21-7-8-22-15(11-21)5-1-2-6-15/h3-4,9H,1-2,5-8,11H2. The van der Waals surface area contributed by atoms with Gasteiger partial charge in [-0.15, -0.1) is 0 Å². The van der Waals surface area contributed by atoms with Gasteiger partial charge in [0, 0.05) is 13.1 Å². The summed E-state index contributed by atoms with van der Waals surface area (Å²) in [6, 6.07) is 5.49. The molecule has 0 unspecified atom stereocenters. The van der Waals surface area contributed by atoms with Crippen LogP contribution in [0.25, 0.3) is 0 Å². The summed E-state index contributed by atoms with van der Waals surface area (Å²) in [5.41, 5.74) is -0.651. The molecule has 6 heteroatoms. The number of nitriles is 1. The van der Waals surface area contributed by atoms with E-state index in [1.54, 1.807) is 4.90 Å². The van der Waals surface area contributed by atoms with Gasteiger partial charge < -0.3 is 9.64 Å². The Morgan fingerprint density at radius 1 is 1.23 bits per heavy atom. The summed E-state index contributed by atoms with van der Waals surface area (Å²) >= 11 is 0. The normalized spacial score (nSPS) is 21.1. The first-order valence-corrected chi connectivity index (χ1v) is 7.44. The van der Waals surface area contributed by atoms with E-state index in [0.717, 1.165) is 31.7 Å². The minimum Gasteiger partial charge on any atom is -0.371 e. The number of nitrogens with zero attached hydrogens (tertiary/aromatic N) is 2. The number of halogens is 3. The van der Waals surface area contributed by atoms with E-state index in [2.05, 4.69) is 0 Å². The molecule has 1 aromatic carbocycles. The molecule has 3 rings (SSSR count). The molecular weight excluding hydrogens is 293 g/mol. The summed E-state index contributed by atoms with van der Waals surface area (Å²) in [7, 11) is 0. The van der Waals surface area contributed by atoms with E-state index < -0.39 is 11.7 Å². The molecule has 2 fully saturated rings. The second-order valence-corrected chi connectivity index (χ2v) is 6.00. The lowest BCUT2D eigenvalue weighted by atomic mass is 9.98. The maximum Gasteiger partial charge on any atom is 0.418 e. The van der Waals surface area contributed by atoms with Crippen LogP contribution in [0, 0.1) is 11.3 Å². The van der Waals surface area contributed by atoms with E-state index in [0.29, 0.717) is 19.7 Å². The molecule has 3 nitrogen and oxygen atoms in total. The number of anilines is 1. The number of alkyl halides is 3. The van der Waals surface area contributed by atoms with E-state index in [1.807, 2.05) is 6.07 Å². The van der Waals surface area contributed by atoms with E-state index in [9.17, 15) is 13.2 Å². The van der Waals surface area contributed by atoms with Crippen LogP contribution in [-0.2, 0) is 10.9 Å². The topological polar surface area (TPSA) is 36.3 Å². The highest BCUT2D eigenvalue weighted by molar-refractivity contribution is 5.59. The van der Waals surface area contributed by atoms with Crippen LogP contribution in [0.5, 0.6) is 0 Å². The summed E-state index contributed by atoms with van der Waals surface area (Å²) in [5, 5.41) is 8.98. The highest BCUT2D eigenvalue weighted by atomic mass is 19.4. The summed E-state index contributed by atoms with van der Waals surface area (Å²) in [4.78, 5) is 1.73. The van der Waals surface area contributed by atoms with Crippen molar-refractivity contribution in [3.8, 4) is 6.07 Å². The molecule has 0 aromatic heterocycles. The van der Waals surface area contributed by atoms with Crippen molar-refractivity contribution in [1.29, 1.82) is 5.26 Å². The molecule has 1 aliphatic carbocycles. The number of benzene rings is 1. The Hall–Kier alpha value is -1.74. The van der Waals surface area contributed by atoms with Gasteiger partial charge in [0.15, 0.2) is 0 Å². The fraction of sp³-hybridized carbons (Fsp3) is 0.562. The monoisotopic (exact) mass is 310 g/mol. The van der Waals surface area contributed by atoms with Crippen LogP contribution in [0.4, 0.5) is 18.9 Å². The molecule has 0 radical (unpaired) electrons. The molecule has 0 atom stereocenters. The van der Waals surface area contributed by atoms with E-state index >= 15 is 0 Å². The molecule has 1 aromatic rings. The number of rotatable bonds is 1. The molecule has 0 bridgehead atoms. The zero-order valence-corrected chi connectivity index (χ0v) is 12.1. The van der Waals surface area contributed by atoms with Crippen molar-refractivity contribution < 1.29 is 17.9 Å². The summed E-state index contributed by atoms with van der Waals surface area (Å²) < 4.78 is 45.7. The van der Waals surface area contributed by atoms with Gasteiger partial charge in [-0.25, -0.2) is 0 Å². The summed E-state index contributed by atoms with van der Waals surface area (Å²) in [6.07, 6.45) is -0.535. The van der Waals surface area contributed by atoms with E-state index in [-0.39, 0.29) is 16.9 Å². The van der Waals surface area contributed by atoms with Crippen molar-refractivity contribution in [1.82, 2.24) is 0 Å². The first-order chi connectivity index (χ1) is 10.4. The molecule has 22 heavy (non-hydrogen) atoms. The second-order valence-electron chi connectivity index (χ2n) is 6.00. The first kappa shape index (κ1) is 15.2. The predicted molar refractivity (Wildman–Crippen MR) is 75.5 cm³/mol. The Morgan fingerprint density at radius 3 is 2.59 bits per heavy atom. The predicted octanol–water partition coefficient (Wildman–Crippen LogP) is 3.73.